The first-order valence-electron chi connectivity index (χ1n) is 6.94. The smallest absolute Gasteiger partial charge is 0.264 e. The van der Waals surface area contributed by atoms with Crippen molar-refractivity contribution in [3.63, 3.8) is 0 Å². The van der Waals surface area contributed by atoms with Crippen molar-refractivity contribution >= 4 is 31.6 Å². The zero-order chi connectivity index (χ0) is 16.3. The average Bonchev–Trinajstić information content (AvgIpc) is 2.48. The number of phenols is 1. The Bertz CT molecular complexity index is 775. The van der Waals surface area contributed by atoms with Crippen LogP contribution < -0.4 is 4.31 Å². The Hall–Kier alpha value is -1.53. The van der Waals surface area contributed by atoms with Crippen molar-refractivity contribution in [1.82, 2.24) is 0 Å². The lowest BCUT2D eigenvalue weighted by Crippen LogP contribution is -2.32. The molecule has 0 fully saturated rings. The minimum Gasteiger partial charge on any atom is -0.508 e. The predicted octanol–water partition coefficient (Wildman–Crippen LogP) is 4.07. The standard InChI is InChI=1S/C16H18BrNO3S/c1-3-10-18(15-7-5-4-6-14(15)17)22(20,21)13-8-9-16(19)12(2)11-13/h4-9,11,19H,3,10H2,1-2H3. The van der Waals surface area contributed by atoms with Gasteiger partial charge in [-0.15, -0.1) is 0 Å². The molecule has 4 nitrogen and oxygen atoms in total. The first-order valence-corrected chi connectivity index (χ1v) is 9.18. The van der Waals surface area contributed by atoms with Gasteiger partial charge in [0.2, 0.25) is 0 Å². The molecule has 0 unspecified atom stereocenters. The van der Waals surface area contributed by atoms with Gasteiger partial charge in [0.15, 0.2) is 0 Å². The van der Waals surface area contributed by atoms with Gasteiger partial charge < -0.3 is 5.11 Å². The number of rotatable bonds is 5. The molecule has 6 heteroatoms. The zero-order valence-corrected chi connectivity index (χ0v) is 14.9. The van der Waals surface area contributed by atoms with Crippen LogP contribution in [0.4, 0.5) is 5.69 Å². The van der Waals surface area contributed by atoms with Gasteiger partial charge in [-0.05, 0) is 65.2 Å². The fraction of sp³-hybridized carbons (Fsp3) is 0.250. The Morgan fingerprint density at radius 1 is 1.18 bits per heavy atom. The third-order valence-electron chi connectivity index (χ3n) is 3.30. The molecule has 0 saturated carbocycles. The van der Waals surface area contributed by atoms with Crippen molar-refractivity contribution in [2.75, 3.05) is 10.8 Å². The molecule has 0 heterocycles. The van der Waals surface area contributed by atoms with Crippen molar-refractivity contribution in [2.45, 2.75) is 25.2 Å². The lowest BCUT2D eigenvalue weighted by molar-refractivity contribution is 0.470. The van der Waals surface area contributed by atoms with Crippen molar-refractivity contribution in [3.05, 3.63) is 52.5 Å². The molecule has 1 N–H and O–H groups in total. The molecular formula is C16H18BrNO3S. The highest BCUT2D eigenvalue weighted by atomic mass is 79.9. The number of anilines is 1. The molecule has 2 aromatic carbocycles. The predicted molar refractivity (Wildman–Crippen MR) is 91.8 cm³/mol. The van der Waals surface area contributed by atoms with Crippen LogP contribution in [0.15, 0.2) is 51.8 Å². The quantitative estimate of drug-likeness (QED) is 0.846. The van der Waals surface area contributed by atoms with Crippen LogP contribution in [0.5, 0.6) is 5.75 Å². The Balaban J connectivity index is 2.55. The Labute approximate surface area is 139 Å². The summed E-state index contributed by atoms with van der Waals surface area (Å²) in [5.74, 6) is 0.0851. The molecule has 0 aromatic heterocycles. The number of sulfonamides is 1. The molecule has 0 bridgehead atoms. The third-order valence-corrected chi connectivity index (χ3v) is 5.78. The number of hydrogen-bond acceptors (Lipinski definition) is 3. The van der Waals surface area contributed by atoms with Crippen LogP contribution in [0.25, 0.3) is 0 Å². The first kappa shape index (κ1) is 16.8. The number of halogens is 1. The molecule has 118 valence electrons. The molecule has 0 aliphatic carbocycles. The maximum Gasteiger partial charge on any atom is 0.264 e. The van der Waals surface area contributed by atoms with Crippen LogP contribution >= 0.6 is 15.9 Å². The van der Waals surface area contributed by atoms with Crippen molar-refractivity contribution in [2.24, 2.45) is 0 Å². The van der Waals surface area contributed by atoms with E-state index in [2.05, 4.69) is 15.9 Å². The molecular weight excluding hydrogens is 366 g/mol. The summed E-state index contributed by atoms with van der Waals surface area (Å²) in [5.41, 5.74) is 1.14. The van der Waals surface area contributed by atoms with E-state index in [4.69, 9.17) is 0 Å². The van der Waals surface area contributed by atoms with Crippen LogP contribution in [0.2, 0.25) is 0 Å². The maximum absolute atomic E-state index is 13.0. The highest BCUT2D eigenvalue weighted by Gasteiger charge is 2.26. The van der Waals surface area contributed by atoms with Gasteiger partial charge in [0.25, 0.3) is 10.0 Å². The molecule has 0 spiro atoms. The normalized spacial score (nSPS) is 11.4. The first-order chi connectivity index (χ1) is 10.4. The highest BCUT2D eigenvalue weighted by molar-refractivity contribution is 9.10. The van der Waals surface area contributed by atoms with E-state index in [1.165, 1.54) is 22.5 Å². The summed E-state index contributed by atoms with van der Waals surface area (Å²) in [4.78, 5) is 0.173. The second-order valence-corrected chi connectivity index (χ2v) is 7.69. The number of para-hydroxylation sites is 1. The lowest BCUT2D eigenvalue weighted by atomic mass is 10.2. The molecule has 2 aromatic rings. The van der Waals surface area contributed by atoms with Crippen LogP contribution in [0.3, 0.4) is 0 Å². The Morgan fingerprint density at radius 3 is 2.45 bits per heavy atom. The van der Waals surface area contributed by atoms with Gasteiger partial charge in [0.1, 0.15) is 5.75 Å². The van der Waals surface area contributed by atoms with Crippen molar-refractivity contribution < 1.29 is 13.5 Å². The molecule has 0 aliphatic heterocycles. The Kier molecular flexibility index (Phi) is 5.13. The molecule has 0 saturated heterocycles. The molecule has 0 amide bonds. The summed E-state index contributed by atoms with van der Waals surface area (Å²) in [6.45, 7) is 3.99. The summed E-state index contributed by atoms with van der Waals surface area (Å²) >= 11 is 3.41. The van der Waals surface area contributed by atoms with Crippen LogP contribution in [0.1, 0.15) is 18.9 Å². The van der Waals surface area contributed by atoms with Crippen LogP contribution in [-0.4, -0.2) is 20.1 Å². The zero-order valence-electron chi connectivity index (χ0n) is 12.5. The minimum absolute atomic E-state index is 0.0851. The van der Waals surface area contributed by atoms with Gasteiger partial charge in [-0.2, -0.15) is 0 Å². The monoisotopic (exact) mass is 383 g/mol. The number of aromatic hydroxyl groups is 1. The van der Waals surface area contributed by atoms with E-state index in [-0.39, 0.29) is 10.6 Å². The van der Waals surface area contributed by atoms with E-state index in [9.17, 15) is 13.5 Å². The lowest BCUT2D eigenvalue weighted by Gasteiger charge is -2.25. The number of nitrogens with zero attached hydrogens (tertiary/aromatic N) is 1. The molecule has 0 atom stereocenters. The van der Waals surface area contributed by atoms with Crippen molar-refractivity contribution in [1.29, 1.82) is 0 Å². The fourth-order valence-corrected chi connectivity index (χ4v) is 4.42. The highest BCUT2D eigenvalue weighted by Crippen LogP contribution is 2.31. The van der Waals surface area contributed by atoms with E-state index in [1.807, 2.05) is 19.1 Å². The van der Waals surface area contributed by atoms with Gasteiger partial charge in [0.05, 0.1) is 10.6 Å². The van der Waals surface area contributed by atoms with E-state index < -0.39 is 10.0 Å². The average molecular weight is 384 g/mol. The molecule has 2 rings (SSSR count). The second kappa shape index (κ2) is 6.71. The van der Waals surface area contributed by atoms with Gasteiger partial charge in [-0.25, -0.2) is 8.42 Å². The number of phenolic OH excluding ortho intramolecular Hbond substituents is 1. The second-order valence-electron chi connectivity index (χ2n) is 4.98. The topological polar surface area (TPSA) is 57.6 Å². The maximum atomic E-state index is 13.0. The molecule has 22 heavy (non-hydrogen) atoms. The van der Waals surface area contributed by atoms with Gasteiger partial charge in [-0.3, -0.25) is 4.31 Å². The molecule has 0 radical (unpaired) electrons. The minimum atomic E-state index is -3.69. The van der Waals surface area contributed by atoms with E-state index in [1.54, 1.807) is 19.1 Å². The van der Waals surface area contributed by atoms with Crippen molar-refractivity contribution in [3.8, 4) is 5.75 Å². The number of benzene rings is 2. The summed E-state index contributed by atoms with van der Waals surface area (Å²) in [6.07, 6.45) is 0.692. The van der Waals surface area contributed by atoms with Crippen LogP contribution in [-0.2, 0) is 10.0 Å². The van der Waals surface area contributed by atoms with E-state index in [0.29, 0.717) is 24.2 Å². The summed E-state index contributed by atoms with van der Waals surface area (Å²) < 4.78 is 28.0. The summed E-state index contributed by atoms with van der Waals surface area (Å²) in [5, 5.41) is 9.60. The van der Waals surface area contributed by atoms with Gasteiger partial charge >= 0.3 is 0 Å². The van der Waals surface area contributed by atoms with Gasteiger partial charge in [0, 0.05) is 11.0 Å². The number of aryl methyl sites for hydroxylation is 1. The van der Waals surface area contributed by atoms with Gasteiger partial charge in [-0.1, -0.05) is 19.1 Å². The third kappa shape index (κ3) is 3.28. The molecule has 0 aliphatic rings. The largest absolute Gasteiger partial charge is 0.508 e. The summed E-state index contributed by atoms with van der Waals surface area (Å²) in [7, 11) is -3.69. The van der Waals surface area contributed by atoms with Crippen LogP contribution in [0, 0.1) is 6.92 Å². The SMILES string of the molecule is CCCN(c1ccccc1Br)S(=O)(=O)c1ccc(O)c(C)c1. The fourth-order valence-electron chi connectivity index (χ4n) is 2.14. The summed E-state index contributed by atoms with van der Waals surface area (Å²) in [6, 6.07) is 11.6. The number of hydrogen-bond donors (Lipinski definition) is 1. The van der Waals surface area contributed by atoms with E-state index >= 15 is 0 Å². The Morgan fingerprint density at radius 2 is 1.86 bits per heavy atom. The van der Waals surface area contributed by atoms with E-state index in [0.717, 1.165) is 4.47 Å².